The fraction of sp³-hybridized carbons (Fsp3) is 0.875. The van der Waals surface area contributed by atoms with Crippen molar-refractivity contribution in [3.63, 3.8) is 0 Å². The summed E-state index contributed by atoms with van der Waals surface area (Å²) in [5.74, 6) is 0. The van der Waals surface area contributed by atoms with Gasteiger partial charge in [-0.15, -0.1) is 6.58 Å². The Kier molecular flexibility index (Phi) is 50.0. The Bertz CT molecular complexity index is 135. The number of allylic oxidation sites excluding steroid dienone is 1. The molecule has 0 saturated carbocycles. The van der Waals surface area contributed by atoms with Gasteiger partial charge in [-0.3, -0.25) is 0 Å². The summed E-state index contributed by atoms with van der Waals surface area (Å²) >= 11 is 0. The molecule has 0 heterocycles. The van der Waals surface area contributed by atoms with Crippen LogP contribution in [0.3, 0.4) is 0 Å². The molecule has 1 atom stereocenters. The normalized spacial score (nSPS) is 9.90. The molecule has 0 spiro atoms. The maximum absolute atomic E-state index is 8.56. The molecule has 0 aromatic heterocycles. The molecule has 0 bridgehead atoms. The summed E-state index contributed by atoms with van der Waals surface area (Å²) in [4.78, 5) is 0. The van der Waals surface area contributed by atoms with Crippen molar-refractivity contribution in [2.24, 2.45) is 0 Å². The largest absolute Gasteiger partial charge is 0.394 e. The van der Waals surface area contributed by atoms with Gasteiger partial charge in [-0.1, -0.05) is 19.9 Å². The average molecular weight is 310 g/mol. The van der Waals surface area contributed by atoms with Crippen LogP contribution in [0.25, 0.3) is 0 Å². The van der Waals surface area contributed by atoms with E-state index in [2.05, 4.69) is 20.4 Å². The van der Waals surface area contributed by atoms with Crippen LogP contribution in [0.15, 0.2) is 12.7 Å². The molecule has 132 valence electrons. The summed E-state index contributed by atoms with van der Waals surface area (Å²) in [6, 6.07) is 0. The van der Waals surface area contributed by atoms with E-state index in [0.29, 0.717) is 13.2 Å². The van der Waals surface area contributed by atoms with Gasteiger partial charge in [-0.25, -0.2) is 0 Å². The van der Waals surface area contributed by atoms with E-state index in [0.717, 1.165) is 26.1 Å². The standard InChI is InChI=1S/C6H14O.C5H12O2.C3H6.C2H6O2/c1-3-5-7-6-4-2;1-3-7-4-5(2)6;1-3-2;3-1-2-4/h3-6H2,1-2H3;5-6H,3-4H2,1-2H3;3H,1H2,2H3;3-4H,1-2H2. The van der Waals surface area contributed by atoms with Crippen molar-refractivity contribution < 1.29 is 24.8 Å². The van der Waals surface area contributed by atoms with Crippen LogP contribution in [0, 0.1) is 0 Å². The summed E-state index contributed by atoms with van der Waals surface area (Å²) in [7, 11) is 0. The van der Waals surface area contributed by atoms with Crippen LogP contribution in [-0.4, -0.2) is 61.1 Å². The van der Waals surface area contributed by atoms with E-state index in [1.807, 2.05) is 13.8 Å². The molecule has 5 nitrogen and oxygen atoms in total. The van der Waals surface area contributed by atoms with Crippen molar-refractivity contribution in [3.8, 4) is 0 Å². The molecule has 3 N–H and O–H groups in total. The number of rotatable bonds is 8. The maximum Gasteiger partial charge on any atom is 0.0745 e. The summed E-state index contributed by atoms with van der Waals surface area (Å²) in [5, 5.41) is 23.8. The third-order valence-corrected chi connectivity index (χ3v) is 1.36. The Morgan fingerprint density at radius 3 is 1.52 bits per heavy atom. The molecule has 0 fully saturated rings. The molecular formula is C16H38O5. The monoisotopic (exact) mass is 310 g/mol. The zero-order valence-electron chi connectivity index (χ0n) is 14.7. The molecule has 0 amide bonds. The highest BCUT2D eigenvalue weighted by molar-refractivity contribution is 4.51. The lowest BCUT2D eigenvalue weighted by Gasteiger charge is -2.00. The highest BCUT2D eigenvalue weighted by Crippen LogP contribution is 1.81. The maximum atomic E-state index is 8.56. The Hall–Kier alpha value is -0.460. The van der Waals surface area contributed by atoms with Gasteiger partial charge in [0, 0.05) is 19.8 Å². The van der Waals surface area contributed by atoms with Crippen LogP contribution >= 0.6 is 0 Å². The Morgan fingerprint density at radius 2 is 1.38 bits per heavy atom. The third kappa shape index (κ3) is 82.4. The van der Waals surface area contributed by atoms with Crippen LogP contribution in [-0.2, 0) is 9.47 Å². The number of hydrogen-bond acceptors (Lipinski definition) is 5. The average Bonchev–Trinajstić information content (AvgIpc) is 2.47. The second kappa shape index (κ2) is 36.6. The molecular weight excluding hydrogens is 272 g/mol. The minimum absolute atomic E-state index is 0.125. The molecule has 0 aliphatic heterocycles. The molecule has 0 aromatic carbocycles. The zero-order chi connectivity index (χ0) is 17.4. The lowest BCUT2D eigenvalue weighted by atomic mass is 10.4. The van der Waals surface area contributed by atoms with E-state index >= 15 is 0 Å². The first-order valence-electron chi connectivity index (χ1n) is 7.64. The predicted molar refractivity (Wildman–Crippen MR) is 89.6 cm³/mol. The van der Waals surface area contributed by atoms with Crippen LogP contribution in [0.1, 0.15) is 47.5 Å². The van der Waals surface area contributed by atoms with Gasteiger partial charge in [0.25, 0.3) is 0 Å². The highest BCUT2D eigenvalue weighted by Gasteiger charge is 1.90. The highest BCUT2D eigenvalue weighted by atomic mass is 16.5. The van der Waals surface area contributed by atoms with E-state index in [4.69, 9.17) is 24.8 Å². The Labute approximate surface area is 131 Å². The van der Waals surface area contributed by atoms with Crippen molar-refractivity contribution in [3.05, 3.63) is 12.7 Å². The Morgan fingerprint density at radius 1 is 1.00 bits per heavy atom. The number of hydrogen-bond donors (Lipinski definition) is 3. The first-order valence-corrected chi connectivity index (χ1v) is 7.64. The SMILES string of the molecule is C=CC.CCCOCCC.CCOCC(C)O.OCCO. The number of aliphatic hydroxyl groups is 3. The van der Waals surface area contributed by atoms with Gasteiger partial charge in [-0.2, -0.15) is 0 Å². The molecule has 0 radical (unpaired) electrons. The fourth-order valence-corrected chi connectivity index (χ4v) is 0.679. The molecule has 0 saturated heterocycles. The van der Waals surface area contributed by atoms with E-state index in [1.54, 1.807) is 13.0 Å². The second-order valence-electron chi connectivity index (χ2n) is 3.98. The van der Waals surface area contributed by atoms with E-state index in [9.17, 15) is 0 Å². The molecule has 1 unspecified atom stereocenters. The molecule has 0 aromatic rings. The van der Waals surface area contributed by atoms with Gasteiger partial charge in [0.1, 0.15) is 0 Å². The van der Waals surface area contributed by atoms with E-state index < -0.39 is 0 Å². The summed E-state index contributed by atoms with van der Waals surface area (Å²) < 4.78 is 9.98. The van der Waals surface area contributed by atoms with Gasteiger partial charge < -0.3 is 24.8 Å². The van der Waals surface area contributed by atoms with Gasteiger partial charge >= 0.3 is 0 Å². The van der Waals surface area contributed by atoms with Crippen LogP contribution in [0.5, 0.6) is 0 Å². The van der Waals surface area contributed by atoms with Crippen molar-refractivity contribution in [1.29, 1.82) is 0 Å². The van der Waals surface area contributed by atoms with Crippen LogP contribution in [0.4, 0.5) is 0 Å². The zero-order valence-corrected chi connectivity index (χ0v) is 14.7. The first-order chi connectivity index (χ1) is 10.0. The van der Waals surface area contributed by atoms with Gasteiger partial charge in [0.15, 0.2) is 0 Å². The summed E-state index contributed by atoms with van der Waals surface area (Å²) in [5.41, 5.74) is 0. The molecule has 5 heteroatoms. The number of ether oxygens (including phenoxy) is 2. The summed E-state index contributed by atoms with van der Waals surface area (Å²) in [6.45, 7) is 15.8. The number of aliphatic hydroxyl groups excluding tert-OH is 3. The van der Waals surface area contributed by atoms with Gasteiger partial charge in [-0.05, 0) is 33.6 Å². The molecule has 0 rings (SSSR count). The second-order valence-corrected chi connectivity index (χ2v) is 3.98. The minimum Gasteiger partial charge on any atom is -0.394 e. The van der Waals surface area contributed by atoms with Crippen molar-refractivity contribution in [2.45, 2.75) is 53.6 Å². The van der Waals surface area contributed by atoms with Gasteiger partial charge in [0.2, 0.25) is 0 Å². The van der Waals surface area contributed by atoms with Crippen molar-refractivity contribution >= 4 is 0 Å². The van der Waals surface area contributed by atoms with Crippen LogP contribution in [0.2, 0.25) is 0 Å². The van der Waals surface area contributed by atoms with Crippen LogP contribution < -0.4 is 0 Å². The topological polar surface area (TPSA) is 79.2 Å². The fourth-order valence-electron chi connectivity index (χ4n) is 0.679. The predicted octanol–water partition coefficient (Wildman–Crippen LogP) is 2.39. The van der Waals surface area contributed by atoms with E-state index in [-0.39, 0.29) is 19.3 Å². The quantitative estimate of drug-likeness (QED) is 0.474. The van der Waals surface area contributed by atoms with E-state index in [1.165, 1.54) is 0 Å². The molecule has 0 aliphatic carbocycles. The van der Waals surface area contributed by atoms with Gasteiger partial charge in [0.05, 0.1) is 25.9 Å². The van der Waals surface area contributed by atoms with Crippen molar-refractivity contribution in [1.82, 2.24) is 0 Å². The van der Waals surface area contributed by atoms with Crippen molar-refractivity contribution in [2.75, 3.05) is 39.6 Å². The smallest absolute Gasteiger partial charge is 0.0745 e. The molecule has 0 aliphatic rings. The Balaban J connectivity index is -0.0000000973. The molecule has 21 heavy (non-hydrogen) atoms. The lowest BCUT2D eigenvalue weighted by molar-refractivity contribution is 0.0527. The summed E-state index contributed by atoms with van der Waals surface area (Å²) in [6.07, 6.45) is 3.71. The minimum atomic E-state index is -0.319. The first kappa shape index (κ1) is 28.7. The lowest BCUT2D eigenvalue weighted by Crippen LogP contribution is -2.09. The third-order valence-electron chi connectivity index (χ3n) is 1.36.